The Labute approximate surface area is 158 Å². The number of hydrogen-bond donors (Lipinski definition) is 3. The molecule has 0 atom stereocenters. The molecule has 3 N–H and O–H groups in total. The van der Waals surface area contributed by atoms with E-state index in [4.69, 9.17) is 0 Å². The average molecular weight is 372 g/mol. The summed E-state index contributed by atoms with van der Waals surface area (Å²) in [5.41, 5.74) is 1.72. The fourth-order valence-electron chi connectivity index (χ4n) is 2.49. The van der Waals surface area contributed by atoms with Gasteiger partial charge in [0.2, 0.25) is 5.91 Å². The average Bonchev–Trinajstić information content (AvgIpc) is 2.66. The van der Waals surface area contributed by atoms with E-state index in [0.717, 1.165) is 19.5 Å². The zero-order valence-electron chi connectivity index (χ0n) is 15.4. The van der Waals surface area contributed by atoms with Crippen molar-refractivity contribution in [3.05, 3.63) is 66.0 Å². The number of rotatable bonds is 9. The van der Waals surface area contributed by atoms with E-state index in [-0.39, 0.29) is 18.3 Å². The van der Waals surface area contributed by atoms with Crippen LogP contribution in [0.5, 0.6) is 0 Å². The Kier molecular flexibility index (Phi) is 8.25. The third-order valence-corrected chi connectivity index (χ3v) is 3.83. The van der Waals surface area contributed by atoms with Crippen LogP contribution < -0.4 is 16.0 Å². The summed E-state index contributed by atoms with van der Waals surface area (Å²) < 4.78 is 12.8. The number of nitrogens with zero attached hydrogens (tertiary/aromatic N) is 1. The first kappa shape index (κ1) is 20.4. The van der Waals surface area contributed by atoms with Gasteiger partial charge in [0.15, 0.2) is 0 Å². The van der Waals surface area contributed by atoms with Gasteiger partial charge in [0, 0.05) is 18.8 Å². The molecule has 2 aromatic carbocycles. The molecule has 3 amide bonds. The molecule has 0 bridgehead atoms. The van der Waals surface area contributed by atoms with Gasteiger partial charge in [0.05, 0.1) is 6.54 Å². The first-order valence-corrected chi connectivity index (χ1v) is 8.82. The van der Waals surface area contributed by atoms with Crippen LogP contribution >= 0.6 is 0 Å². The standard InChI is InChI=1S/C20H25FN4O2/c1-25(15-16-6-3-2-4-7-16)13-5-12-22-20(27)23-14-19(26)24-18-10-8-17(21)9-11-18/h2-4,6-11H,5,12-15H2,1H3,(H,24,26)(H2,22,23,27). The molecule has 0 unspecified atom stereocenters. The number of anilines is 1. The second kappa shape index (κ2) is 10.9. The van der Waals surface area contributed by atoms with Crippen molar-refractivity contribution in [2.24, 2.45) is 0 Å². The van der Waals surface area contributed by atoms with E-state index in [1.807, 2.05) is 25.2 Å². The van der Waals surface area contributed by atoms with E-state index in [0.29, 0.717) is 12.2 Å². The summed E-state index contributed by atoms with van der Waals surface area (Å²) in [6, 6.07) is 15.2. The number of urea groups is 1. The Morgan fingerprint density at radius 3 is 2.41 bits per heavy atom. The highest BCUT2D eigenvalue weighted by molar-refractivity contribution is 5.94. The maximum absolute atomic E-state index is 12.8. The van der Waals surface area contributed by atoms with Crippen LogP contribution in [-0.4, -0.2) is 43.5 Å². The lowest BCUT2D eigenvalue weighted by Crippen LogP contribution is -2.40. The van der Waals surface area contributed by atoms with Crippen molar-refractivity contribution in [2.75, 3.05) is 32.0 Å². The minimum atomic E-state index is -0.394. The van der Waals surface area contributed by atoms with Crippen LogP contribution in [0.4, 0.5) is 14.9 Å². The Morgan fingerprint density at radius 2 is 1.70 bits per heavy atom. The van der Waals surface area contributed by atoms with E-state index in [1.54, 1.807) is 0 Å². The third kappa shape index (κ3) is 8.33. The lowest BCUT2D eigenvalue weighted by Gasteiger charge is -2.16. The Bertz CT molecular complexity index is 723. The Balaban J connectivity index is 1.55. The first-order valence-electron chi connectivity index (χ1n) is 8.82. The molecule has 0 saturated heterocycles. The highest BCUT2D eigenvalue weighted by Crippen LogP contribution is 2.07. The van der Waals surface area contributed by atoms with E-state index in [9.17, 15) is 14.0 Å². The highest BCUT2D eigenvalue weighted by Gasteiger charge is 2.06. The normalized spacial score (nSPS) is 10.5. The van der Waals surface area contributed by atoms with Crippen LogP contribution in [0.2, 0.25) is 0 Å². The number of hydrogen-bond acceptors (Lipinski definition) is 3. The van der Waals surface area contributed by atoms with Gasteiger partial charge >= 0.3 is 6.03 Å². The molecule has 0 aliphatic carbocycles. The summed E-state index contributed by atoms with van der Waals surface area (Å²) in [5, 5.41) is 7.79. The molecule has 0 fully saturated rings. The molecule has 0 heterocycles. The fourth-order valence-corrected chi connectivity index (χ4v) is 2.49. The van der Waals surface area contributed by atoms with Gasteiger partial charge in [0.25, 0.3) is 0 Å². The molecule has 0 aromatic heterocycles. The second-order valence-electron chi connectivity index (χ2n) is 6.24. The molecule has 0 radical (unpaired) electrons. The Hall–Kier alpha value is -2.93. The van der Waals surface area contributed by atoms with Crippen molar-refractivity contribution >= 4 is 17.6 Å². The third-order valence-electron chi connectivity index (χ3n) is 3.83. The second-order valence-corrected chi connectivity index (χ2v) is 6.24. The van der Waals surface area contributed by atoms with Gasteiger partial charge in [-0.15, -0.1) is 0 Å². The van der Waals surface area contributed by atoms with E-state index in [2.05, 4.69) is 33.0 Å². The van der Waals surface area contributed by atoms with Gasteiger partial charge in [-0.3, -0.25) is 4.79 Å². The largest absolute Gasteiger partial charge is 0.338 e. The molecule has 2 rings (SSSR count). The van der Waals surface area contributed by atoms with Gasteiger partial charge in [-0.05, 0) is 49.8 Å². The van der Waals surface area contributed by atoms with Crippen LogP contribution in [0.25, 0.3) is 0 Å². The number of amides is 3. The topological polar surface area (TPSA) is 73.5 Å². The molecular weight excluding hydrogens is 347 g/mol. The van der Waals surface area contributed by atoms with Crippen molar-refractivity contribution in [3.63, 3.8) is 0 Å². The van der Waals surface area contributed by atoms with Crippen LogP contribution in [0.1, 0.15) is 12.0 Å². The molecule has 7 heteroatoms. The first-order chi connectivity index (χ1) is 13.0. The number of carbonyl (C=O) groups excluding carboxylic acids is 2. The number of benzene rings is 2. The lowest BCUT2D eigenvalue weighted by atomic mass is 10.2. The SMILES string of the molecule is CN(CCCNC(=O)NCC(=O)Nc1ccc(F)cc1)Cc1ccccc1. The number of halogens is 1. The van der Waals surface area contributed by atoms with E-state index in [1.165, 1.54) is 29.8 Å². The fraction of sp³-hybridized carbons (Fsp3) is 0.300. The van der Waals surface area contributed by atoms with Crippen molar-refractivity contribution in [2.45, 2.75) is 13.0 Å². The summed E-state index contributed by atoms with van der Waals surface area (Å²) >= 11 is 0. The minimum absolute atomic E-state index is 0.156. The molecule has 27 heavy (non-hydrogen) atoms. The Morgan fingerprint density at radius 1 is 1.00 bits per heavy atom. The number of nitrogens with one attached hydrogen (secondary N) is 3. The van der Waals surface area contributed by atoms with Crippen molar-refractivity contribution < 1.29 is 14.0 Å². The summed E-state index contributed by atoms with van der Waals surface area (Å²) in [7, 11) is 2.03. The molecule has 6 nitrogen and oxygen atoms in total. The van der Waals surface area contributed by atoms with Crippen LogP contribution in [-0.2, 0) is 11.3 Å². The maximum Gasteiger partial charge on any atom is 0.315 e. The van der Waals surface area contributed by atoms with Crippen LogP contribution in [0.3, 0.4) is 0 Å². The molecule has 0 spiro atoms. The van der Waals surface area contributed by atoms with Gasteiger partial charge in [0.1, 0.15) is 5.82 Å². The molecule has 0 aliphatic heterocycles. The van der Waals surface area contributed by atoms with Crippen molar-refractivity contribution in [3.8, 4) is 0 Å². The van der Waals surface area contributed by atoms with Crippen LogP contribution in [0.15, 0.2) is 54.6 Å². The smallest absolute Gasteiger partial charge is 0.315 e. The zero-order valence-corrected chi connectivity index (χ0v) is 15.4. The minimum Gasteiger partial charge on any atom is -0.338 e. The number of carbonyl (C=O) groups is 2. The summed E-state index contributed by atoms with van der Waals surface area (Å²) in [4.78, 5) is 25.6. The summed E-state index contributed by atoms with van der Waals surface area (Å²) in [6.07, 6.45) is 0.804. The van der Waals surface area contributed by atoms with E-state index < -0.39 is 6.03 Å². The maximum atomic E-state index is 12.8. The molecule has 0 aliphatic rings. The van der Waals surface area contributed by atoms with Crippen LogP contribution in [0, 0.1) is 5.82 Å². The monoisotopic (exact) mass is 372 g/mol. The van der Waals surface area contributed by atoms with Crippen molar-refractivity contribution in [1.82, 2.24) is 15.5 Å². The van der Waals surface area contributed by atoms with Gasteiger partial charge in [-0.1, -0.05) is 30.3 Å². The predicted molar refractivity (Wildman–Crippen MR) is 104 cm³/mol. The van der Waals surface area contributed by atoms with Gasteiger partial charge in [-0.25, -0.2) is 9.18 Å². The molecule has 2 aromatic rings. The summed E-state index contributed by atoms with van der Waals surface area (Å²) in [6.45, 7) is 2.07. The lowest BCUT2D eigenvalue weighted by molar-refractivity contribution is -0.115. The van der Waals surface area contributed by atoms with Crippen molar-refractivity contribution in [1.29, 1.82) is 0 Å². The predicted octanol–water partition coefficient (Wildman–Crippen LogP) is 2.59. The van der Waals surface area contributed by atoms with Gasteiger partial charge in [-0.2, -0.15) is 0 Å². The molecule has 0 saturated carbocycles. The molecule has 144 valence electrons. The van der Waals surface area contributed by atoms with E-state index >= 15 is 0 Å². The summed E-state index contributed by atoms with van der Waals surface area (Å²) in [5.74, 6) is -0.751. The zero-order chi connectivity index (χ0) is 19.5. The highest BCUT2D eigenvalue weighted by atomic mass is 19.1. The van der Waals surface area contributed by atoms with Gasteiger partial charge < -0.3 is 20.9 Å². The quantitative estimate of drug-likeness (QED) is 0.593. The molecular formula is C20H25FN4O2.